The fraction of sp³-hybridized carbons (Fsp3) is 0.846. The van der Waals surface area contributed by atoms with Gasteiger partial charge in [-0.15, -0.1) is 0 Å². The number of hydrogen-bond donors (Lipinski definition) is 1. The molecule has 0 rings (SSSR count). The SMILES string of the molecule is CCOC(=O)[C@@H](C)CC(F)(F)CNC(=O)OC(C)(C)C. The molecule has 20 heavy (non-hydrogen) atoms. The van der Waals surface area contributed by atoms with Crippen LogP contribution >= 0.6 is 0 Å². The Morgan fingerprint density at radius 1 is 1.25 bits per heavy atom. The van der Waals surface area contributed by atoms with Gasteiger partial charge in [-0.3, -0.25) is 4.79 Å². The zero-order valence-electron chi connectivity index (χ0n) is 12.6. The molecule has 0 aliphatic rings. The number of alkyl carbamates (subject to hydrolysis) is 1. The molecule has 0 aliphatic carbocycles. The van der Waals surface area contributed by atoms with Gasteiger partial charge in [0.1, 0.15) is 5.60 Å². The summed E-state index contributed by atoms with van der Waals surface area (Å²) in [6.45, 7) is 7.12. The Hall–Kier alpha value is -1.40. The molecule has 0 saturated heterocycles. The van der Waals surface area contributed by atoms with Crippen molar-refractivity contribution in [3.8, 4) is 0 Å². The van der Waals surface area contributed by atoms with E-state index >= 15 is 0 Å². The Kier molecular flexibility index (Phi) is 6.88. The van der Waals surface area contributed by atoms with Gasteiger partial charge in [0, 0.05) is 6.42 Å². The number of nitrogens with one attached hydrogen (secondary N) is 1. The fourth-order valence-corrected chi connectivity index (χ4v) is 1.40. The number of amides is 1. The highest BCUT2D eigenvalue weighted by molar-refractivity contribution is 5.72. The van der Waals surface area contributed by atoms with Gasteiger partial charge < -0.3 is 14.8 Å². The van der Waals surface area contributed by atoms with Crippen LogP contribution in [-0.4, -0.2) is 36.7 Å². The molecule has 1 atom stereocenters. The first kappa shape index (κ1) is 18.6. The lowest BCUT2D eigenvalue weighted by molar-refractivity contribution is -0.150. The third kappa shape index (κ3) is 8.66. The van der Waals surface area contributed by atoms with Crippen molar-refractivity contribution in [1.82, 2.24) is 5.32 Å². The minimum atomic E-state index is -3.21. The van der Waals surface area contributed by atoms with E-state index in [2.05, 4.69) is 4.74 Å². The van der Waals surface area contributed by atoms with Gasteiger partial charge in [0.2, 0.25) is 0 Å². The van der Waals surface area contributed by atoms with Crippen LogP contribution in [0.2, 0.25) is 0 Å². The maximum atomic E-state index is 13.6. The Bertz CT molecular complexity index is 340. The van der Waals surface area contributed by atoms with E-state index < -0.39 is 42.5 Å². The van der Waals surface area contributed by atoms with Crippen LogP contribution in [0.25, 0.3) is 0 Å². The molecule has 7 heteroatoms. The van der Waals surface area contributed by atoms with Crippen LogP contribution in [0, 0.1) is 5.92 Å². The van der Waals surface area contributed by atoms with E-state index in [0.717, 1.165) is 0 Å². The van der Waals surface area contributed by atoms with Crippen molar-refractivity contribution < 1.29 is 27.8 Å². The summed E-state index contributed by atoms with van der Waals surface area (Å²) in [5.74, 6) is -4.82. The van der Waals surface area contributed by atoms with Crippen molar-refractivity contribution in [3.63, 3.8) is 0 Å². The molecule has 0 bridgehead atoms. The molecule has 0 unspecified atom stereocenters. The summed E-state index contributed by atoms with van der Waals surface area (Å²) < 4.78 is 36.7. The molecule has 0 heterocycles. The lowest BCUT2D eigenvalue weighted by Crippen LogP contribution is -2.41. The van der Waals surface area contributed by atoms with Crippen molar-refractivity contribution in [3.05, 3.63) is 0 Å². The maximum absolute atomic E-state index is 13.6. The number of rotatable bonds is 6. The molecule has 0 aromatic heterocycles. The standard InChI is InChI=1S/C13H23F2NO4/c1-6-19-10(17)9(2)7-13(14,15)8-16-11(18)20-12(3,4)5/h9H,6-8H2,1-5H3,(H,16,18)/t9-/m0/s1. The second kappa shape index (κ2) is 7.40. The molecular weight excluding hydrogens is 272 g/mol. The Balaban J connectivity index is 4.25. The summed E-state index contributed by atoms with van der Waals surface area (Å²) in [4.78, 5) is 22.5. The molecule has 0 aromatic rings. The average molecular weight is 295 g/mol. The van der Waals surface area contributed by atoms with Crippen molar-refractivity contribution in [2.75, 3.05) is 13.2 Å². The molecule has 1 amide bonds. The van der Waals surface area contributed by atoms with E-state index in [1.54, 1.807) is 27.7 Å². The molecule has 0 aliphatic heterocycles. The summed E-state index contributed by atoms with van der Waals surface area (Å²) in [6, 6.07) is 0. The zero-order chi connectivity index (χ0) is 16.0. The van der Waals surface area contributed by atoms with E-state index in [-0.39, 0.29) is 6.61 Å². The minimum absolute atomic E-state index is 0.144. The van der Waals surface area contributed by atoms with E-state index in [1.807, 2.05) is 5.32 Å². The average Bonchev–Trinajstić information content (AvgIpc) is 2.24. The normalized spacial score (nSPS) is 13.6. The van der Waals surface area contributed by atoms with E-state index in [4.69, 9.17) is 4.74 Å². The molecule has 5 nitrogen and oxygen atoms in total. The molecule has 0 saturated carbocycles. The number of esters is 1. The molecule has 0 fully saturated rings. The zero-order valence-corrected chi connectivity index (χ0v) is 12.6. The van der Waals surface area contributed by atoms with Crippen molar-refractivity contribution >= 4 is 12.1 Å². The monoisotopic (exact) mass is 295 g/mol. The van der Waals surface area contributed by atoms with Gasteiger partial charge in [-0.2, -0.15) is 0 Å². The van der Waals surface area contributed by atoms with Gasteiger partial charge in [0.15, 0.2) is 0 Å². The van der Waals surface area contributed by atoms with Gasteiger partial charge in [0.25, 0.3) is 5.92 Å². The predicted molar refractivity (Wildman–Crippen MR) is 69.6 cm³/mol. The first-order chi connectivity index (χ1) is 8.97. The van der Waals surface area contributed by atoms with Crippen molar-refractivity contribution in [2.45, 2.75) is 52.6 Å². The number of carbonyl (C=O) groups is 2. The largest absolute Gasteiger partial charge is 0.466 e. The quantitative estimate of drug-likeness (QED) is 0.765. The number of carbonyl (C=O) groups excluding carboxylic acids is 2. The summed E-state index contributed by atoms with van der Waals surface area (Å²) in [5.41, 5.74) is -0.752. The molecule has 0 aromatic carbocycles. The van der Waals surface area contributed by atoms with Crippen molar-refractivity contribution in [1.29, 1.82) is 0 Å². The van der Waals surface area contributed by atoms with Crippen LogP contribution in [0.5, 0.6) is 0 Å². The topological polar surface area (TPSA) is 64.6 Å². The molecule has 0 radical (unpaired) electrons. The van der Waals surface area contributed by atoms with Gasteiger partial charge in [-0.25, -0.2) is 13.6 Å². The Morgan fingerprint density at radius 2 is 1.80 bits per heavy atom. The summed E-state index contributed by atoms with van der Waals surface area (Å²) in [6.07, 6.45) is -1.61. The highest BCUT2D eigenvalue weighted by atomic mass is 19.3. The summed E-state index contributed by atoms with van der Waals surface area (Å²) in [5, 5.41) is 1.99. The van der Waals surface area contributed by atoms with Crippen LogP contribution in [0.3, 0.4) is 0 Å². The second-order valence-corrected chi connectivity index (χ2v) is 5.57. The van der Waals surface area contributed by atoms with Gasteiger partial charge in [0.05, 0.1) is 19.1 Å². The molecular formula is C13H23F2NO4. The van der Waals surface area contributed by atoms with Crippen LogP contribution in [0.4, 0.5) is 13.6 Å². The summed E-state index contributed by atoms with van der Waals surface area (Å²) >= 11 is 0. The van der Waals surface area contributed by atoms with Crippen LogP contribution in [-0.2, 0) is 14.3 Å². The lowest BCUT2D eigenvalue weighted by Gasteiger charge is -2.23. The fourth-order valence-electron chi connectivity index (χ4n) is 1.40. The van der Waals surface area contributed by atoms with E-state index in [1.165, 1.54) is 6.92 Å². The van der Waals surface area contributed by atoms with E-state index in [9.17, 15) is 18.4 Å². The minimum Gasteiger partial charge on any atom is -0.466 e. The molecule has 1 N–H and O–H groups in total. The Labute approximate surface area is 118 Å². The number of ether oxygens (including phenoxy) is 2. The predicted octanol–water partition coefficient (Wildman–Crippen LogP) is 2.74. The second-order valence-electron chi connectivity index (χ2n) is 5.57. The van der Waals surface area contributed by atoms with Gasteiger partial charge in [-0.1, -0.05) is 6.92 Å². The Morgan fingerprint density at radius 3 is 2.25 bits per heavy atom. The number of alkyl halides is 2. The first-order valence-corrected chi connectivity index (χ1v) is 6.48. The smallest absolute Gasteiger partial charge is 0.407 e. The number of halogens is 2. The molecule has 0 spiro atoms. The van der Waals surface area contributed by atoms with Crippen molar-refractivity contribution in [2.24, 2.45) is 5.92 Å². The first-order valence-electron chi connectivity index (χ1n) is 6.48. The van der Waals surface area contributed by atoms with E-state index in [0.29, 0.717) is 0 Å². The van der Waals surface area contributed by atoms with Crippen LogP contribution in [0.15, 0.2) is 0 Å². The highest BCUT2D eigenvalue weighted by Gasteiger charge is 2.35. The molecule has 118 valence electrons. The van der Waals surface area contributed by atoms with Crippen LogP contribution < -0.4 is 5.32 Å². The summed E-state index contributed by atoms with van der Waals surface area (Å²) in [7, 11) is 0. The van der Waals surface area contributed by atoms with Gasteiger partial charge in [-0.05, 0) is 27.7 Å². The third-order valence-corrected chi connectivity index (χ3v) is 2.18. The lowest BCUT2D eigenvalue weighted by atomic mass is 10.0. The van der Waals surface area contributed by atoms with Crippen LogP contribution in [0.1, 0.15) is 41.0 Å². The van der Waals surface area contributed by atoms with Gasteiger partial charge >= 0.3 is 12.1 Å². The third-order valence-electron chi connectivity index (χ3n) is 2.18. The highest BCUT2D eigenvalue weighted by Crippen LogP contribution is 2.23. The number of hydrogen-bond acceptors (Lipinski definition) is 4. The maximum Gasteiger partial charge on any atom is 0.407 e.